The first-order chi connectivity index (χ1) is 16.3. The highest BCUT2D eigenvalue weighted by molar-refractivity contribution is 6.30. The first-order valence-electron chi connectivity index (χ1n) is 10.9. The van der Waals surface area contributed by atoms with Gasteiger partial charge in [0.15, 0.2) is 0 Å². The van der Waals surface area contributed by atoms with Gasteiger partial charge in [0.1, 0.15) is 11.3 Å². The molecule has 4 atom stereocenters. The summed E-state index contributed by atoms with van der Waals surface area (Å²) >= 11 is 0. The molecule has 0 bridgehead atoms. The number of fused-ring (bicyclic) bond motifs is 2. The average Bonchev–Trinajstić information content (AvgIpc) is 3.35. The number of hydrogen-bond donors (Lipinski definition) is 0. The van der Waals surface area contributed by atoms with Crippen molar-refractivity contribution in [3.05, 3.63) is 60.7 Å². The normalized spacial score (nSPS) is 28.3. The van der Waals surface area contributed by atoms with Crippen LogP contribution in [0.4, 0.5) is 11.4 Å². The van der Waals surface area contributed by atoms with Gasteiger partial charge in [-0.25, -0.2) is 9.80 Å². The van der Waals surface area contributed by atoms with Crippen LogP contribution in [0.1, 0.15) is 19.8 Å². The van der Waals surface area contributed by atoms with Crippen molar-refractivity contribution >= 4 is 47.2 Å². The number of carbonyl (C=O) groups excluding carboxylic acids is 6. The number of imide groups is 2. The van der Waals surface area contributed by atoms with Crippen molar-refractivity contribution in [2.45, 2.75) is 31.3 Å². The van der Waals surface area contributed by atoms with Gasteiger partial charge in [-0.3, -0.25) is 28.8 Å². The van der Waals surface area contributed by atoms with Gasteiger partial charge in [-0.05, 0) is 31.2 Å². The van der Waals surface area contributed by atoms with E-state index in [0.29, 0.717) is 17.8 Å². The van der Waals surface area contributed by atoms with Crippen molar-refractivity contribution in [3.63, 3.8) is 0 Å². The summed E-state index contributed by atoms with van der Waals surface area (Å²) in [5, 5.41) is 0. The van der Waals surface area contributed by atoms with Crippen LogP contribution in [0.2, 0.25) is 0 Å². The van der Waals surface area contributed by atoms with Gasteiger partial charge in [0, 0.05) is 6.42 Å². The Morgan fingerprint density at radius 2 is 1.47 bits per heavy atom. The fourth-order valence-corrected chi connectivity index (χ4v) is 5.71. The third kappa shape index (κ3) is 2.79. The molecule has 0 unspecified atom stereocenters. The van der Waals surface area contributed by atoms with Gasteiger partial charge < -0.3 is 4.90 Å². The first kappa shape index (κ1) is 21.7. The minimum Gasteiger partial charge on any atom is -0.325 e. The summed E-state index contributed by atoms with van der Waals surface area (Å²) in [5.74, 6) is -5.27. The van der Waals surface area contributed by atoms with E-state index in [1.165, 1.54) is 6.92 Å². The number of Topliss-reactive ketones (excluding diaryl/α,β-unsaturated/α-hetero) is 1. The van der Waals surface area contributed by atoms with Gasteiger partial charge in [-0.1, -0.05) is 36.4 Å². The Bertz CT molecular complexity index is 1230. The van der Waals surface area contributed by atoms with E-state index in [1.54, 1.807) is 60.7 Å². The summed E-state index contributed by atoms with van der Waals surface area (Å²) in [7, 11) is 0. The maximum atomic E-state index is 13.9. The molecule has 0 radical (unpaired) electrons. The number of anilines is 2. The van der Waals surface area contributed by atoms with Gasteiger partial charge >= 0.3 is 0 Å². The van der Waals surface area contributed by atoms with Gasteiger partial charge in [0.05, 0.1) is 35.7 Å². The quantitative estimate of drug-likeness (QED) is 0.492. The second kappa shape index (κ2) is 7.72. The van der Waals surface area contributed by atoms with E-state index in [1.807, 2.05) is 0 Å². The Morgan fingerprint density at radius 1 is 0.912 bits per heavy atom. The van der Waals surface area contributed by atoms with E-state index in [9.17, 15) is 28.8 Å². The zero-order valence-electron chi connectivity index (χ0n) is 18.3. The van der Waals surface area contributed by atoms with Crippen LogP contribution in [-0.4, -0.2) is 52.3 Å². The van der Waals surface area contributed by atoms with Crippen LogP contribution in [0, 0.1) is 11.8 Å². The molecule has 172 valence electrons. The Hall–Kier alpha value is -4.14. The van der Waals surface area contributed by atoms with Gasteiger partial charge in [0.25, 0.3) is 5.91 Å². The molecular weight excluding hydrogens is 438 g/mol. The van der Waals surface area contributed by atoms with Crippen LogP contribution in [-0.2, 0) is 28.8 Å². The minimum absolute atomic E-state index is 0.212. The van der Waals surface area contributed by atoms with Gasteiger partial charge in [-0.2, -0.15) is 0 Å². The van der Waals surface area contributed by atoms with Crippen LogP contribution in [0.25, 0.3) is 0 Å². The summed E-state index contributed by atoms with van der Waals surface area (Å²) in [4.78, 5) is 81.9. The van der Waals surface area contributed by atoms with E-state index >= 15 is 0 Å². The molecule has 2 aromatic rings. The van der Waals surface area contributed by atoms with Crippen molar-refractivity contribution < 1.29 is 28.8 Å². The predicted octanol–water partition coefficient (Wildman–Crippen LogP) is 1.31. The highest BCUT2D eigenvalue weighted by atomic mass is 16.2. The van der Waals surface area contributed by atoms with Crippen molar-refractivity contribution in [1.82, 2.24) is 4.90 Å². The number of nitrogens with zero attached hydrogens (tertiary/aromatic N) is 3. The molecule has 34 heavy (non-hydrogen) atoms. The van der Waals surface area contributed by atoms with Gasteiger partial charge in [-0.15, -0.1) is 0 Å². The predicted molar refractivity (Wildman–Crippen MR) is 119 cm³/mol. The van der Waals surface area contributed by atoms with E-state index in [-0.39, 0.29) is 12.2 Å². The number of rotatable bonds is 5. The Balaban J connectivity index is 1.68. The summed E-state index contributed by atoms with van der Waals surface area (Å²) in [5.41, 5.74) is -1.24. The van der Waals surface area contributed by atoms with Crippen molar-refractivity contribution in [1.29, 1.82) is 0 Å². The average molecular weight is 459 g/mol. The molecule has 0 N–H and O–H groups in total. The van der Waals surface area contributed by atoms with Crippen molar-refractivity contribution in [2.75, 3.05) is 9.80 Å². The minimum atomic E-state index is -1.88. The highest BCUT2D eigenvalue weighted by Gasteiger charge is 2.75. The number of ketones is 1. The highest BCUT2D eigenvalue weighted by Crippen LogP contribution is 2.54. The fraction of sp³-hybridized carbons (Fsp3) is 0.280. The number of likely N-dealkylation sites (tertiary alicyclic amines) is 1. The Kier molecular flexibility index (Phi) is 4.93. The largest absolute Gasteiger partial charge is 0.325 e. The summed E-state index contributed by atoms with van der Waals surface area (Å²) in [6.07, 6.45) is -0.272. The molecule has 0 saturated carbocycles. The van der Waals surface area contributed by atoms with Crippen LogP contribution < -0.4 is 9.80 Å². The molecular formula is C25H21N3O6. The molecule has 3 saturated heterocycles. The lowest BCUT2D eigenvalue weighted by atomic mass is 9.78. The van der Waals surface area contributed by atoms with Crippen LogP contribution in [0.15, 0.2) is 60.7 Å². The molecule has 2 aromatic carbocycles. The molecule has 3 heterocycles. The topological polar surface area (TPSA) is 112 Å². The second-order valence-corrected chi connectivity index (χ2v) is 8.81. The summed E-state index contributed by atoms with van der Waals surface area (Å²) in [6.45, 7) is 1.32. The molecule has 3 aliphatic rings. The number of hydrogen-bond acceptors (Lipinski definition) is 6. The SMILES string of the molecule is CC(=O)C[C@H]1[C@H]2C(=O)N(c3ccccc3)C(=O)[C@H]2[C@@]2(CC(=O)N(c3ccccc3)C2=O)N1C=O. The number of amides is 5. The molecule has 3 fully saturated rings. The maximum absolute atomic E-state index is 13.9. The lowest BCUT2D eigenvalue weighted by molar-refractivity contribution is -0.141. The lowest BCUT2D eigenvalue weighted by Crippen LogP contribution is -2.58. The number of para-hydroxylation sites is 2. The van der Waals surface area contributed by atoms with E-state index in [4.69, 9.17) is 0 Å². The van der Waals surface area contributed by atoms with Crippen LogP contribution in [0.3, 0.4) is 0 Å². The van der Waals surface area contributed by atoms with E-state index in [2.05, 4.69) is 0 Å². The Morgan fingerprint density at radius 3 is 2.00 bits per heavy atom. The van der Waals surface area contributed by atoms with Crippen molar-refractivity contribution in [3.8, 4) is 0 Å². The molecule has 5 amide bonds. The summed E-state index contributed by atoms with van der Waals surface area (Å²) < 4.78 is 0. The smallest absolute Gasteiger partial charge is 0.261 e. The number of carbonyl (C=O) groups is 6. The lowest BCUT2D eigenvalue weighted by Gasteiger charge is -2.36. The number of benzene rings is 2. The zero-order chi connectivity index (χ0) is 24.2. The van der Waals surface area contributed by atoms with Gasteiger partial charge in [0.2, 0.25) is 24.1 Å². The van der Waals surface area contributed by atoms with Crippen LogP contribution >= 0.6 is 0 Å². The standard InChI is InChI=1S/C25H21N3O6/c1-15(30)12-18-20-21(23(33)28(22(20)32)17-10-6-3-7-11-17)25(26(18)14-29)13-19(31)27(24(25)34)16-8-4-2-5-9-16/h2-11,14,18,20-21H,12-13H2,1H3/t18-,20+,21-,25+/m0/s1. The molecule has 3 aliphatic heterocycles. The third-order valence-corrected chi connectivity index (χ3v) is 6.98. The van der Waals surface area contributed by atoms with Crippen molar-refractivity contribution in [2.24, 2.45) is 11.8 Å². The zero-order valence-corrected chi connectivity index (χ0v) is 18.3. The fourth-order valence-electron chi connectivity index (χ4n) is 5.71. The molecule has 9 nitrogen and oxygen atoms in total. The van der Waals surface area contributed by atoms with Crippen LogP contribution in [0.5, 0.6) is 0 Å². The third-order valence-electron chi connectivity index (χ3n) is 6.98. The van der Waals surface area contributed by atoms with E-state index < -0.39 is 53.5 Å². The maximum Gasteiger partial charge on any atom is 0.261 e. The van der Waals surface area contributed by atoms with E-state index in [0.717, 1.165) is 14.7 Å². The second-order valence-electron chi connectivity index (χ2n) is 8.81. The molecule has 0 aliphatic carbocycles. The Labute approximate surface area is 194 Å². The molecule has 5 rings (SSSR count). The summed E-state index contributed by atoms with van der Waals surface area (Å²) in [6, 6.07) is 15.5. The molecule has 9 heteroatoms. The monoisotopic (exact) mass is 459 g/mol. The first-order valence-corrected chi connectivity index (χ1v) is 10.9. The molecule has 1 spiro atoms. The molecule has 0 aromatic heterocycles.